The van der Waals surface area contributed by atoms with E-state index in [1.165, 1.54) is 11.3 Å². The van der Waals surface area contributed by atoms with Gasteiger partial charge >= 0.3 is 0 Å². The molecule has 0 saturated carbocycles. The van der Waals surface area contributed by atoms with Crippen LogP contribution in [0.25, 0.3) is 0 Å². The van der Waals surface area contributed by atoms with Crippen LogP contribution in [-0.2, 0) is 0 Å². The van der Waals surface area contributed by atoms with Crippen molar-refractivity contribution in [2.24, 2.45) is 5.92 Å². The third kappa shape index (κ3) is 1.35. The molecule has 0 unspecified atom stereocenters. The second kappa shape index (κ2) is 3.34. The van der Waals surface area contributed by atoms with E-state index >= 15 is 0 Å². The minimum Gasteiger partial charge on any atom is -0.384 e. The van der Waals surface area contributed by atoms with Crippen molar-refractivity contribution < 1.29 is 0 Å². The van der Waals surface area contributed by atoms with Gasteiger partial charge in [0.1, 0.15) is 0 Å². The average Bonchev–Trinajstić information content (AvgIpc) is 2.59. The van der Waals surface area contributed by atoms with Gasteiger partial charge in [0.2, 0.25) is 0 Å². The van der Waals surface area contributed by atoms with Crippen LogP contribution in [0.5, 0.6) is 0 Å². The van der Waals surface area contributed by atoms with E-state index in [-0.39, 0.29) is 0 Å². The van der Waals surface area contributed by atoms with E-state index < -0.39 is 0 Å². The van der Waals surface area contributed by atoms with Crippen LogP contribution in [0.1, 0.15) is 30.9 Å². The van der Waals surface area contributed by atoms with Gasteiger partial charge < -0.3 is 5.32 Å². The maximum atomic E-state index is 8.82. The maximum Gasteiger partial charge on any atom is 0.0991 e. The first-order chi connectivity index (χ1) is 6.72. The normalized spacial score (nSPS) is 18.9. The summed E-state index contributed by atoms with van der Waals surface area (Å²) in [4.78, 5) is 0. The zero-order chi connectivity index (χ0) is 10.1. The highest BCUT2D eigenvalue weighted by Gasteiger charge is 2.24. The van der Waals surface area contributed by atoms with Crippen LogP contribution >= 0.6 is 0 Å². The van der Waals surface area contributed by atoms with Crippen LogP contribution in [0.3, 0.4) is 0 Å². The molecule has 0 amide bonds. The molecule has 14 heavy (non-hydrogen) atoms. The smallest absolute Gasteiger partial charge is 0.0991 e. The van der Waals surface area contributed by atoms with Crippen LogP contribution in [0.4, 0.5) is 5.69 Å². The Bertz CT molecular complexity index is 388. The molecule has 72 valence electrons. The molecule has 1 heterocycles. The topological polar surface area (TPSA) is 35.8 Å². The predicted molar refractivity (Wildman–Crippen MR) is 57.2 cm³/mol. The Morgan fingerprint density at radius 1 is 1.50 bits per heavy atom. The average molecular weight is 186 g/mol. The van der Waals surface area contributed by atoms with Gasteiger partial charge in [-0.2, -0.15) is 5.26 Å². The van der Waals surface area contributed by atoms with Crippen LogP contribution < -0.4 is 5.32 Å². The van der Waals surface area contributed by atoms with E-state index in [9.17, 15) is 0 Å². The number of nitrogens with one attached hydrogen (secondary N) is 1. The molecule has 1 aromatic rings. The monoisotopic (exact) mass is 186 g/mol. The van der Waals surface area contributed by atoms with Crippen molar-refractivity contribution in [1.29, 1.82) is 5.26 Å². The molecule has 0 aliphatic carbocycles. The first kappa shape index (κ1) is 9.08. The van der Waals surface area contributed by atoms with Crippen molar-refractivity contribution in [1.82, 2.24) is 0 Å². The number of nitrogens with zero attached hydrogens (tertiary/aromatic N) is 1. The number of hydrogen-bond acceptors (Lipinski definition) is 2. The summed E-state index contributed by atoms with van der Waals surface area (Å²) in [6, 6.07) is 8.08. The van der Waals surface area contributed by atoms with Crippen LogP contribution in [0, 0.1) is 17.2 Å². The first-order valence-electron chi connectivity index (χ1n) is 5.00. The molecule has 1 N–H and O–H groups in total. The quantitative estimate of drug-likeness (QED) is 0.732. The Kier molecular flexibility index (Phi) is 2.17. The van der Waals surface area contributed by atoms with Crippen molar-refractivity contribution >= 4 is 5.69 Å². The summed E-state index contributed by atoms with van der Waals surface area (Å²) in [6.45, 7) is 5.45. The fourth-order valence-corrected chi connectivity index (χ4v) is 2.02. The summed E-state index contributed by atoms with van der Waals surface area (Å²) in [7, 11) is 0. The Morgan fingerprint density at radius 2 is 2.29 bits per heavy atom. The van der Waals surface area contributed by atoms with E-state index in [4.69, 9.17) is 5.26 Å². The third-order valence-electron chi connectivity index (χ3n) is 2.90. The lowest BCUT2D eigenvalue weighted by molar-refractivity contribution is 0.533. The van der Waals surface area contributed by atoms with E-state index in [0.29, 0.717) is 11.8 Å². The van der Waals surface area contributed by atoms with Crippen LogP contribution in [0.15, 0.2) is 18.2 Å². The zero-order valence-electron chi connectivity index (χ0n) is 8.54. The number of anilines is 1. The summed E-state index contributed by atoms with van der Waals surface area (Å²) in [6.07, 6.45) is 0. The molecule has 0 saturated heterocycles. The highest BCUT2D eigenvalue weighted by molar-refractivity contribution is 5.60. The van der Waals surface area contributed by atoms with Gasteiger partial charge in [0.05, 0.1) is 11.6 Å². The molecular weight excluding hydrogens is 172 g/mol. The van der Waals surface area contributed by atoms with E-state index in [2.05, 4.69) is 25.2 Å². The van der Waals surface area contributed by atoms with Gasteiger partial charge in [-0.3, -0.25) is 0 Å². The molecule has 1 aliphatic heterocycles. The zero-order valence-corrected chi connectivity index (χ0v) is 8.54. The Labute approximate surface area is 84.6 Å². The summed E-state index contributed by atoms with van der Waals surface area (Å²) < 4.78 is 0. The highest BCUT2D eigenvalue weighted by atomic mass is 14.9. The number of hydrogen-bond donors (Lipinski definition) is 1. The molecule has 1 aliphatic rings. The molecule has 0 fully saturated rings. The van der Waals surface area contributed by atoms with Gasteiger partial charge in [-0.1, -0.05) is 13.8 Å². The summed E-state index contributed by atoms with van der Waals surface area (Å²) in [5, 5.41) is 12.2. The van der Waals surface area contributed by atoms with Crippen LogP contribution in [0.2, 0.25) is 0 Å². The van der Waals surface area contributed by atoms with Crippen molar-refractivity contribution in [3.05, 3.63) is 29.3 Å². The van der Waals surface area contributed by atoms with Crippen LogP contribution in [-0.4, -0.2) is 6.54 Å². The predicted octanol–water partition coefficient (Wildman–Crippen LogP) is 2.72. The molecule has 1 aromatic carbocycles. The lowest BCUT2D eigenvalue weighted by atomic mass is 9.89. The van der Waals surface area contributed by atoms with Crippen molar-refractivity contribution in [2.75, 3.05) is 11.9 Å². The van der Waals surface area contributed by atoms with Crippen molar-refractivity contribution in [3.8, 4) is 6.07 Å². The second-order valence-electron chi connectivity index (χ2n) is 4.15. The van der Waals surface area contributed by atoms with Gasteiger partial charge in [-0.15, -0.1) is 0 Å². The van der Waals surface area contributed by atoms with E-state index in [1.54, 1.807) is 0 Å². The lowest BCUT2D eigenvalue weighted by Crippen LogP contribution is -2.08. The summed E-state index contributed by atoms with van der Waals surface area (Å²) in [5.74, 6) is 1.18. The Morgan fingerprint density at radius 3 is 2.93 bits per heavy atom. The molecule has 0 radical (unpaired) electrons. The van der Waals surface area contributed by atoms with E-state index in [0.717, 1.165) is 12.1 Å². The maximum absolute atomic E-state index is 8.82. The highest BCUT2D eigenvalue weighted by Crippen LogP contribution is 2.36. The molecule has 2 rings (SSSR count). The molecule has 1 atom stereocenters. The number of fused-ring (bicyclic) bond motifs is 1. The van der Waals surface area contributed by atoms with Gasteiger partial charge in [-0.05, 0) is 29.7 Å². The largest absolute Gasteiger partial charge is 0.384 e. The number of nitriles is 1. The Balaban J connectivity index is 2.43. The van der Waals surface area contributed by atoms with Crippen molar-refractivity contribution in [2.45, 2.75) is 19.8 Å². The lowest BCUT2D eigenvalue weighted by Gasteiger charge is -2.13. The number of benzene rings is 1. The molecule has 0 bridgehead atoms. The fourth-order valence-electron chi connectivity index (χ4n) is 2.02. The SMILES string of the molecule is CC(C)[C@@H]1CNc2ccc(C#N)cc21. The molecule has 0 spiro atoms. The Hall–Kier alpha value is -1.49. The fraction of sp³-hybridized carbons (Fsp3) is 0.417. The van der Waals surface area contributed by atoms with Gasteiger partial charge in [0, 0.05) is 18.2 Å². The minimum absolute atomic E-state index is 0.554. The molecular formula is C12H14N2. The number of rotatable bonds is 1. The second-order valence-corrected chi connectivity index (χ2v) is 4.15. The first-order valence-corrected chi connectivity index (χ1v) is 5.00. The van der Waals surface area contributed by atoms with Gasteiger partial charge in [-0.25, -0.2) is 0 Å². The third-order valence-corrected chi connectivity index (χ3v) is 2.90. The summed E-state index contributed by atoms with van der Waals surface area (Å²) >= 11 is 0. The summed E-state index contributed by atoms with van der Waals surface area (Å²) in [5.41, 5.74) is 3.26. The van der Waals surface area contributed by atoms with E-state index in [1.807, 2.05) is 18.2 Å². The molecule has 2 nitrogen and oxygen atoms in total. The van der Waals surface area contributed by atoms with Gasteiger partial charge in [0.25, 0.3) is 0 Å². The molecule has 0 aromatic heterocycles. The van der Waals surface area contributed by atoms with Gasteiger partial charge in [0.15, 0.2) is 0 Å². The van der Waals surface area contributed by atoms with Crippen molar-refractivity contribution in [3.63, 3.8) is 0 Å². The minimum atomic E-state index is 0.554. The standard InChI is InChI=1S/C12H14N2/c1-8(2)11-7-14-12-4-3-9(6-13)5-10(11)12/h3-5,8,11,14H,7H2,1-2H3/t11-/m0/s1. The molecule has 2 heteroatoms.